The van der Waals surface area contributed by atoms with Gasteiger partial charge in [-0.15, -0.1) is 0 Å². The fourth-order valence-electron chi connectivity index (χ4n) is 3.45. The van der Waals surface area contributed by atoms with E-state index in [0.29, 0.717) is 10.9 Å². The lowest BCUT2D eigenvalue weighted by molar-refractivity contribution is -0.159. The molecule has 0 aromatic heterocycles. The van der Waals surface area contributed by atoms with Crippen LogP contribution in [0.2, 0.25) is 0 Å². The summed E-state index contributed by atoms with van der Waals surface area (Å²) < 4.78 is 23.5. The first-order valence-corrected chi connectivity index (χ1v) is 12.6. The van der Waals surface area contributed by atoms with Gasteiger partial charge in [-0.25, -0.2) is 0 Å². The molecule has 0 heterocycles. The zero-order valence-corrected chi connectivity index (χ0v) is 20.4. The van der Waals surface area contributed by atoms with Gasteiger partial charge in [0.1, 0.15) is 5.66 Å². The molecule has 0 saturated carbocycles. The van der Waals surface area contributed by atoms with Gasteiger partial charge < -0.3 is 9.63 Å². The van der Waals surface area contributed by atoms with Crippen LogP contribution in [0.3, 0.4) is 0 Å². The molecule has 0 radical (unpaired) electrons. The summed E-state index contributed by atoms with van der Waals surface area (Å²) in [5.41, 5.74) is -0.929. The van der Waals surface area contributed by atoms with Crippen LogP contribution in [0.5, 0.6) is 0 Å². The van der Waals surface area contributed by atoms with Crippen molar-refractivity contribution in [2.24, 2.45) is 5.41 Å². The largest absolute Gasteiger partial charge is 0.438 e. The minimum Gasteiger partial charge on any atom is -0.438 e. The molecule has 3 rings (SSSR count). The number of hydrogen-bond donors (Lipinski definition) is 1. The second-order valence-corrected chi connectivity index (χ2v) is 10.9. The molecule has 7 heteroatoms. The first kappa shape index (κ1) is 25.6. The van der Waals surface area contributed by atoms with Gasteiger partial charge in [0.15, 0.2) is 5.78 Å². The van der Waals surface area contributed by atoms with E-state index >= 15 is 0 Å². The molecule has 1 N–H and O–H groups in total. The van der Waals surface area contributed by atoms with E-state index in [1.165, 1.54) is 0 Å². The maximum absolute atomic E-state index is 13.4. The van der Waals surface area contributed by atoms with Gasteiger partial charge in [0, 0.05) is 6.42 Å². The molecule has 2 unspecified atom stereocenters. The number of hydrogen-bond acceptors (Lipinski definition) is 5. The Balaban J connectivity index is 1.89. The summed E-state index contributed by atoms with van der Waals surface area (Å²) in [6.45, 7) is 4.26. The van der Waals surface area contributed by atoms with Crippen LogP contribution < -0.4 is 0 Å². The van der Waals surface area contributed by atoms with Crippen molar-refractivity contribution in [2.75, 3.05) is 6.79 Å². The lowest BCUT2D eigenvalue weighted by Gasteiger charge is -2.24. The predicted octanol–water partition coefficient (Wildman–Crippen LogP) is 6.30. The third-order valence-electron chi connectivity index (χ3n) is 5.22. The maximum atomic E-state index is 13.4. The zero-order valence-electron chi connectivity index (χ0n) is 19.5. The Morgan fingerprint density at radius 1 is 0.971 bits per heavy atom. The number of Topliss-reactive ketones (excluding diaryl/α,β-unsaturated/α-hetero) is 1. The summed E-state index contributed by atoms with van der Waals surface area (Å²) in [7, 11) is -4.57. The lowest BCUT2D eigenvalue weighted by Crippen LogP contribution is -2.24. The number of ketones is 1. The lowest BCUT2D eigenvalue weighted by atomic mass is 9.98. The molecule has 178 valence electrons. The fourth-order valence-corrected chi connectivity index (χ4v) is 4.85. The summed E-state index contributed by atoms with van der Waals surface area (Å²) in [5, 5.41) is 1.51. The average Bonchev–Trinajstić information content (AvgIpc) is 2.79. The van der Waals surface area contributed by atoms with Gasteiger partial charge in [0.25, 0.3) is 0 Å². The van der Waals surface area contributed by atoms with Crippen LogP contribution in [0.1, 0.15) is 44.0 Å². The van der Waals surface area contributed by atoms with E-state index in [1.54, 1.807) is 57.2 Å². The first-order chi connectivity index (χ1) is 16.1. The molecule has 34 heavy (non-hydrogen) atoms. The van der Waals surface area contributed by atoms with Crippen LogP contribution >= 0.6 is 7.60 Å². The molecule has 3 aromatic rings. The minimum atomic E-state index is -4.57. The quantitative estimate of drug-likeness (QED) is 0.220. The number of rotatable bonds is 9. The second-order valence-electron chi connectivity index (χ2n) is 8.95. The molecule has 0 aliphatic rings. The van der Waals surface area contributed by atoms with Gasteiger partial charge in [0.05, 0.1) is 5.41 Å². The van der Waals surface area contributed by atoms with Gasteiger partial charge in [-0.05, 0) is 42.7 Å². The van der Waals surface area contributed by atoms with Crippen molar-refractivity contribution in [3.8, 4) is 0 Å². The predicted molar refractivity (Wildman–Crippen MR) is 133 cm³/mol. The summed E-state index contributed by atoms with van der Waals surface area (Å²) in [5.74, 6) is -1.05. The number of carbonyl (C=O) groups excluding carboxylic acids is 2. The van der Waals surface area contributed by atoms with Crippen LogP contribution in [0.15, 0.2) is 78.9 Å². The Kier molecular flexibility index (Phi) is 8.21. The van der Waals surface area contributed by atoms with Gasteiger partial charge in [0.2, 0.25) is 6.79 Å². The van der Waals surface area contributed by atoms with E-state index in [4.69, 9.17) is 9.26 Å². The molecular formula is C27H29O6P. The highest BCUT2D eigenvalue weighted by Crippen LogP contribution is 2.58. The number of benzene rings is 3. The first-order valence-electron chi connectivity index (χ1n) is 11.0. The van der Waals surface area contributed by atoms with E-state index in [1.807, 2.05) is 48.5 Å². The number of carbonyl (C=O) groups is 2. The maximum Gasteiger partial charge on any atom is 0.345 e. The third-order valence-corrected chi connectivity index (χ3v) is 6.91. The van der Waals surface area contributed by atoms with Crippen molar-refractivity contribution in [3.63, 3.8) is 0 Å². The smallest absolute Gasteiger partial charge is 0.345 e. The van der Waals surface area contributed by atoms with Crippen LogP contribution in [-0.4, -0.2) is 23.4 Å². The standard InChI is InChI=1S/C27H29O6P/c1-27(2,3)26(29)32-19-33-34(30,31)25(23-17-10-15-21-14-7-8-16-22(21)23)24(28)18-9-13-20-11-5-4-6-12-20/h4-17,25H,18-19H2,1-3H3,(H,30,31)/b13-9+. The van der Waals surface area contributed by atoms with Crippen molar-refractivity contribution in [3.05, 3.63) is 90.0 Å². The minimum absolute atomic E-state index is 0.0710. The number of esters is 1. The molecule has 2 atom stereocenters. The highest BCUT2D eigenvalue weighted by molar-refractivity contribution is 7.54. The van der Waals surface area contributed by atoms with E-state index in [9.17, 15) is 19.0 Å². The van der Waals surface area contributed by atoms with Crippen molar-refractivity contribution in [2.45, 2.75) is 32.9 Å². The highest BCUT2D eigenvalue weighted by atomic mass is 31.2. The van der Waals surface area contributed by atoms with Crippen LogP contribution in [0, 0.1) is 5.41 Å². The molecule has 0 amide bonds. The zero-order chi connectivity index (χ0) is 24.8. The molecule has 0 saturated heterocycles. The molecule has 0 aliphatic heterocycles. The van der Waals surface area contributed by atoms with Crippen LogP contribution in [-0.2, 0) is 23.4 Å². The molecule has 6 nitrogen and oxygen atoms in total. The molecule has 0 aliphatic carbocycles. The monoisotopic (exact) mass is 480 g/mol. The molecule has 3 aromatic carbocycles. The van der Waals surface area contributed by atoms with Crippen molar-refractivity contribution < 1.29 is 28.3 Å². The van der Waals surface area contributed by atoms with Crippen LogP contribution in [0.4, 0.5) is 0 Å². The van der Waals surface area contributed by atoms with Gasteiger partial charge in [-0.1, -0.05) is 84.9 Å². The topological polar surface area (TPSA) is 89.9 Å². The second kappa shape index (κ2) is 10.9. The van der Waals surface area contributed by atoms with E-state index in [2.05, 4.69) is 0 Å². The van der Waals surface area contributed by atoms with Crippen LogP contribution in [0.25, 0.3) is 16.8 Å². The molecule has 0 spiro atoms. The molecular weight excluding hydrogens is 451 g/mol. The van der Waals surface area contributed by atoms with E-state index < -0.39 is 37.2 Å². The summed E-state index contributed by atoms with van der Waals surface area (Å²) in [6.07, 6.45) is 3.38. The highest BCUT2D eigenvalue weighted by Gasteiger charge is 2.40. The number of ether oxygens (including phenoxy) is 1. The van der Waals surface area contributed by atoms with Crippen molar-refractivity contribution >= 4 is 36.2 Å². The van der Waals surface area contributed by atoms with E-state index in [-0.39, 0.29) is 6.42 Å². The van der Waals surface area contributed by atoms with Gasteiger partial charge in [-0.3, -0.25) is 18.7 Å². The van der Waals surface area contributed by atoms with Gasteiger partial charge >= 0.3 is 13.6 Å². The Bertz CT molecular complexity index is 1220. The number of fused-ring (bicyclic) bond motifs is 1. The van der Waals surface area contributed by atoms with Crippen molar-refractivity contribution in [1.29, 1.82) is 0 Å². The third kappa shape index (κ3) is 6.51. The molecule has 0 fully saturated rings. The Morgan fingerprint density at radius 2 is 1.62 bits per heavy atom. The normalized spacial score (nSPS) is 14.6. The Morgan fingerprint density at radius 3 is 2.32 bits per heavy atom. The summed E-state index contributed by atoms with van der Waals surface area (Å²) in [4.78, 5) is 36.2. The Hall–Kier alpha value is -3.05. The average molecular weight is 480 g/mol. The fraction of sp³-hybridized carbons (Fsp3) is 0.259. The number of allylic oxidation sites excluding steroid dienone is 1. The summed E-state index contributed by atoms with van der Waals surface area (Å²) >= 11 is 0. The van der Waals surface area contributed by atoms with Gasteiger partial charge in [-0.2, -0.15) is 0 Å². The summed E-state index contributed by atoms with van der Waals surface area (Å²) in [6, 6.07) is 22.0. The Labute approximate surface area is 199 Å². The van der Waals surface area contributed by atoms with E-state index in [0.717, 1.165) is 10.9 Å². The molecule has 0 bridgehead atoms. The SMILES string of the molecule is CC(C)(C)C(=O)OCOP(=O)(O)C(C(=O)C/C=C/c1ccccc1)c1cccc2ccccc12. The van der Waals surface area contributed by atoms with Crippen molar-refractivity contribution in [1.82, 2.24) is 0 Å².